The number of hydrogen-bond acceptors (Lipinski definition) is 2. The lowest BCUT2D eigenvalue weighted by atomic mass is 9.70. The molecular weight excluding hydrogens is 776 g/mol. The Kier molecular flexibility index (Phi) is 8.79. The van der Waals surface area contributed by atoms with Gasteiger partial charge < -0.3 is 10.2 Å². The van der Waals surface area contributed by atoms with Crippen LogP contribution in [0, 0.1) is 0 Å². The predicted octanol–water partition coefficient (Wildman–Crippen LogP) is 14.5. The molecule has 254 valence electrons. The molecule has 8 aromatic rings. The van der Waals surface area contributed by atoms with E-state index in [2.05, 4.69) is 212 Å². The van der Waals surface area contributed by atoms with Crippen LogP contribution in [-0.2, 0) is 5.41 Å². The second kappa shape index (κ2) is 14.0. The Morgan fingerprint density at radius 1 is 0.340 bits per heavy atom. The quantitative estimate of drug-likeness (QED) is 0.186. The number of nitrogens with one attached hydrogen (secondary N) is 1. The van der Waals surface area contributed by atoms with Crippen molar-refractivity contribution in [2.45, 2.75) is 5.41 Å². The number of fused-ring (bicyclic) bond motifs is 10. The highest BCUT2D eigenvalue weighted by molar-refractivity contribution is 9.10. The van der Waals surface area contributed by atoms with Crippen molar-refractivity contribution in [2.24, 2.45) is 0 Å². The molecule has 0 aromatic heterocycles. The molecule has 8 aromatic carbocycles. The topological polar surface area (TPSA) is 15.3 Å². The molecule has 0 radical (unpaired) electrons. The van der Waals surface area contributed by atoms with Crippen molar-refractivity contribution in [3.8, 4) is 22.3 Å². The molecule has 10 rings (SSSR count). The van der Waals surface area contributed by atoms with Gasteiger partial charge in [-0.25, -0.2) is 0 Å². The van der Waals surface area contributed by atoms with E-state index >= 15 is 0 Å². The number of anilines is 5. The SMILES string of the molecule is Brc1ccc2c(c1)C1(c3ccccc3-c3ccccc31)c1cc(Br)ccc1-2.c1ccc(Nc2ccc(N(c3ccccc3)c3ccccc3)cc2)cc1. The second-order valence-corrected chi connectivity index (χ2v) is 15.1. The maximum absolute atomic E-state index is 3.73. The molecule has 0 fully saturated rings. The highest BCUT2D eigenvalue weighted by Crippen LogP contribution is 2.63. The van der Waals surface area contributed by atoms with Gasteiger partial charge in [-0.2, -0.15) is 0 Å². The third-order valence-electron chi connectivity index (χ3n) is 10.2. The normalized spacial score (nSPS) is 12.5. The zero-order chi connectivity index (χ0) is 35.8. The zero-order valence-corrected chi connectivity index (χ0v) is 31.9. The van der Waals surface area contributed by atoms with Gasteiger partial charge >= 0.3 is 0 Å². The lowest BCUT2D eigenvalue weighted by molar-refractivity contribution is 0.792. The monoisotopic (exact) mass is 808 g/mol. The van der Waals surface area contributed by atoms with E-state index < -0.39 is 0 Å². The van der Waals surface area contributed by atoms with Gasteiger partial charge in [0, 0.05) is 37.4 Å². The molecule has 1 spiro atoms. The molecule has 0 unspecified atom stereocenters. The summed E-state index contributed by atoms with van der Waals surface area (Å²) in [5.74, 6) is 0. The van der Waals surface area contributed by atoms with Crippen LogP contribution in [0.1, 0.15) is 22.3 Å². The molecule has 0 bridgehead atoms. The average molecular weight is 811 g/mol. The number of hydrogen-bond donors (Lipinski definition) is 1. The Hall–Kier alpha value is -5.68. The summed E-state index contributed by atoms with van der Waals surface area (Å²) in [6.07, 6.45) is 0. The van der Waals surface area contributed by atoms with Gasteiger partial charge in [0.25, 0.3) is 0 Å². The highest BCUT2D eigenvalue weighted by Gasteiger charge is 2.51. The molecule has 0 amide bonds. The van der Waals surface area contributed by atoms with Crippen LogP contribution in [0.2, 0.25) is 0 Å². The number of nitrogens with zero attached hydrogens (tertiary/aromatic N) is 1. The molecule has 0 atom stereocenters. The average Bonchev–Trinajstić information content (AvgIpc) is 3.66. The smallest absolute Gasteiger partial charge is 0.0726 e. The van der Waals surface area contributed by atoms with Gasteiger partial charge in [0.1, 0.15) is 0 Å². The molecular formula is C49H34Br2N2. The fourth-order valence-electron chi connectivity index (χ4n) is 8.07. The van der Waals surface area contributed by atoms with E-state index in [9.17, 15) is 0 Å². The van der Waals surface area contributed by atoms with Gasteiger partial charge in [0.15, 0.2) is 0 Å². The highest BCUT2D eigenvalue weighted by atomic mass is 79.9. The maximum atomic E-state index is 3.73. The zero-order valence-electron chi connectivity index (χ0n) is 28.8. The van der Waals surface area contributed by atoms with Crippen molar-refractivity contribution in [1.82, 2.24) is 0 Å². The van der Waals surface area contributed by atoms with Gasteiger partial charge in [-0.15, -0.1) is 0 Å². The van der Waals surface area contributed by atoms with Crippen LogP contribution < -0.4 is 10.2 Å². The van der Waals surface area contributed by atoms with Gasteiger partial charge in [0.05, 0.1) is 5.41 Å². The molecule has 2 aliphatic rings. The second-order valence-electron chi connectivity index (χ2n) is 13.3. The summed E-state index contributed by atoms with van der Waals surface area (Å²) in [4.78, 5) is 2.26. The van der Waals surface area contributed by atoms with Crippen molar-refractivity contribution in [3.05, 3.63) is 231 Å². The molecule has 4 heteroatoms. The Labute approximate surface area is 327 Å². The molecule has 1 N–H and O–H groups in total. The van der Waals surface area contributed by atoms with Crippen LogP contribution in [0.4, 0.5) is 28.4 Å². The van der Waals surface area contributed by atoms with Crippen molar-refractivity contribution < 1.29 is 0 Å². The summed E-state index contributed by atoms with van der Waals surface area (Å²) in [7, 11) is 0. The Morgan fingerprint density at radius 3 is 1.21 bits per heavy atom. The minimum Gasteiger partial charge on any atom is -0.356 e. The first kappa shape index (κ1) is 33.2. The number of benzene rings is 8. The molecule has 2 aliphatic carbocycles. The first-order chi connectivity index (χ1) is 26.1. The third kappa shape index (κ3) is 5.89. The van der Waals surface area contributed by atoms with E-state index in [1.165, 1.54) is 44.5 Å². The van der Waals surface area contributed by atoms with Crippen LogP contribution in [0.5, 0.6) is 0 Å². The van der Waals surface area contributed by atoms with E-state index in [1.54, 1.807) is 0 Å². The summed E-state index contributed by atoms with van der Waals surface area (Å²) in [6.45, 7) is 0. The summed E-state index contributed by atoms with van der Waals surface area (Å²) >= 11 is 7.45. The summed E-state index contributed by atoms with van der Waals surface area (Å²) in [5.41, 5.74) is 16.1. The maximum Gasteiger partial charge on any atom is 0.0726 e. The molecule has 0 heterocycles. The van der Waals surface area contributed by atoms with Gasteiger partial charge in [-0.1, -0.05) is 147 Å². The molecule has 0 saturated heterocycles. The van der Waals surface area contributed by atoms with Crippen molar-refractivity contribution in [1.29, 1.82) is 0 Å². The minimum absolute atomic E-state index is 0.259. The first-order valence-electron chi connectivity index (χ1n) is 17.7. The Morgan fingerprint density at radius 2 is 0.717 bits per heavy atom. The van der Waals surface area contributed by atoms with Gasteiger partial charge in [-0.3, -0.25) is 0 Å². The lowest BCUT2D eigenvalue weighted by Crippen LogP contribution is -2.25. The largest absolute Gasteiger partial charge is 0.356 e. The fraction of sp³-hybridized carbons (Fsp3) is 0.0204. The molecule has 53 heavy (non-hydrogen) atoms. The van der Waals surface area contributed by atoms with Crippen LogP contribution in [0.3, 0.4) is 0 Å². The van der Waals surface area contributed by atoms with Gasteiger partial charge in [-0.05, 0) is 129 Å². The fourth-order valence-corrected chi connectivity index (χ4v) is 8.79. The summed E-state index contributed by atoms with van der Waals surface area (Å²) < 4.78 is 2.24. The molecule has 0 aliphatic heterocycles. The Balaban J connectivity index is 0.000000141. The molecule has 0 saturated carbocycles. The van der Waals surface area contributed by atoms with Crippen LogP contribution in [0.25, 0.3) is 22.3 Å². The van der Waals surface area contributed by atoms with E-state index in [-0.39, 0.29) is 5.41 Å². The van der Waals surface area contributed by atoms with Crippen molar-refractivity contribution in [2.75, 3.05) is 10.2 Å². The number of halogens is 2. The standard InChI is InChI=1S/C25H14Br2.C24H20N2/c26-15-9-11-19-20-12-10-16(27)14-24(20)25(23(19)13-15)21-7-3-1-5-17(21)18-6-2-4-8-22(18)25;1-4-10-20(11-5-1)25-21-16-18-24(19-17-21)26(22-12-6-2-7-13-22)23-14-8-3-9-15-23/h1-14H;1-19,25H. The minimum atomic E-state index is -0.259. The Bertz CT molecular complexity index is 2410. The van der Waals surface area contributed by atoms with E-state index in [4.69, 9.17) is 0 Å². The molecule has 2 nitrogen and oxygen atoms in total. The number of rotatable bonds is 5. The van der Waals surface area contributed by atoms with Crippen molar-refractivity contribution in [3.63, 3.8) is 0 Å². The first-order valence-corrected chi connectivity index (χ1v) is 19.3. The van der Waals surface area contributed by atoms with Crippen LogP contribution in [-0.4, -0.2) is 0 Å². The van der Waals surface area contributed by atoms with E-state index in [1.807, 2.05) is 30.3 Å². The van der Waals surface area contributed by atoms with Gasteiger partial charge in [0.2, 0.25) is 0 Å². The predicted molar refractivity (Wildman–Crippen MR) is 229 cm³/mol. The summed E-state index contributed by atoms with van der Waals surface area (Å²) in [5, 5.41) is 3.43. The summed E-state index contributed by atoms with van der Waals surface area (Å²) in [6, 6.07) is 70.8. The van der Waals surface area contributed by atoms with Crippen molar-refractivity contribution >= 4 is 60.3 Å². The number of para-hydroxylation sites is 3. The van der Waals surface area contributed by atoms with E-state index in [0.717, 1.165) is 37.4 Å². The van der Waals surface area contributed by atoms with E-state index in [0.29, 0.717) is 0 Å². The van der Waals surface area contributed by atoms with Crippen LogP contribution >= 0.6 is 31.9 Å². The third-order valence-corrected chi connectivity index (χ3v) is 11.2. The van der Waals surface area contributed by atoms with Crippen LogP contribution in [0.15, 0.2) is 209 Å². The lowest BCUT2D eigenvalue weighted by Gasteiger charge is -2.30.